The molecule has 152 valence electrons. The Bertz CT molecular complexity index is 1190. The van der Waals surface area contributed by atoms with Crippen LogP contribution in [0.5, 0.6) is 11.5 Å². The lowest BCUT2D eigenvalue weighted by Gasteiger charge is -2.08. The number of amides is 1. The van der Waals surface area contributed by atoms with Crippen LogP contribution < -0.4 is 14.8 Å². The van der Waals surface area contributed by atoms with Gasteiger partial charge in [-0.2, -0.15) is 0 Å². The van der Waals surface area contributed by atoms with Crippen LogP contribution >= 0.6 is 23.1 Å². The maximum absolute atomic E-state index is 12.4. The fourth-order valence-corrected chi connectivity index (χ4v) is 4.50. The van der Waals surface area contributed by atoms with Crippen molar-refractivity contribution in [1.29, 1.82) is 0 Å². The normalized spacial score (nSPS) is 10.7. The number of methoxy groups -OCH3 is 2. The van der Waals surface area contributed by atoms with Crippen LogP contribution in [0.1, 0.15) is 0 Å². The van der Waals surface area contributed by atoms with Gasteiger partial charge in [0.05, 0.1) is 25.7 Å². The van der Waals surface area contributed by atoms with Gasteiger partial charge < -0.3 is 14.8 Å². The molecule has 4 rings (SSSR count). The van der Waals surface area contributed by atoms with Gasteiger partial charge in [-0.25, -0.2) is 4.98 Å². The number of hydrogen-bond acceptors (Lipinski definition) is 6. The average molecular weight is 437 g/mol. The fourth-order valence-electron chi connectivity index (χ4n) is 3.03. The summed E-state index contributed by atoms with van der Waals surface area (Å²) in [5, 5.41) is 7.70. The summed E-state index contributed by atoms with van der Waals surface area (Å²) in [6.07, 6.45) is 0. The maximum atomic E-state index is 12.4. The zero-order chi connectivity index (χ0) is 20.9. The molecule has 0 radical (unpaired) electrons. The summed E-state index contributed by atoms with van der Waals surface area (Å²) in [7, 11) is 3.22. The molecule has 0 aliphatic heterocycles. The van der Waals surface area contributed by atoms with E-state index in [0.29, 0.717) is 22.4 Å². The highest BCUT2D eigenvalue weighted by Gasteiger charge is 2.13. The minimum absolute atomic E-state index is 0.0873. The lowest BCUT2D eigenvalue weighted by Crippen LogP contribution is -2.13. The Hall–Kier alpha value is -3.03. The molecule has 0 unspecified atom stereocenters. The van der Waals surface area contributed by atoms with E-state index < -0.39 is 0 Å². The molecule has 1 N–H and O–H groups in total. The molecule has 30 heavy (non-hydrogen) atoms. The summed E-state index contributed by atoms with van der Waals surface area (Å²) < 4.78 is 10.7. The second-order valence-corrected chi connectivity index (χ2v) is 8.36. The number of benzene rings is 3. The van der Waals surface area contributed by atoms with E-state index in [0.717, 1.165) is 16.2 Å². The fraction of sp³-hybridized carbons (Fsp3) is 0.130. The Kier molecular flexibility index (Phi) is 6.21. The van der Waals surface area contributed by atoms with Crippen molar-refractivity contribution in [2.45, 2.75) is 4.90 Å². The Labute approximate surface area is 183 Å². The van der Waals surface area contributed by atoms with Crippen LogP contribution in [-0.2, 0) is 4.79 Å². The van der Waals surface area contributed by atoms with Gasteiger partial charge >= 0.3 is 0 Å². The van der Waals surface area contributed by atoms with Crippen LogP contribution in [0.3, 0.4) is 0 Å². The highest BCUT2D eigenvalue weighted by Crippen LogP contribution is 2.35. The van der Waals surface area contributed by atoms with Gasteiger partial charge in [-0.3, -0.25) is 4.79 Å². The number of fused-ring (bicyclic) bond motifs is 1. The molecule has 1 aromatic heterocycles. The summed E-state index contributed by atoms with van der Waals surface area (Å²) in [5.41, 5.74) is 1.59. The van der Waals surface area contributed by atoms with E-state index in [1.807, 2.05) is 41.8 Å². The van der Waals surface area contributed by atoms with Crippen LogP contribution in [0.2, 0.25) is 0 Å². The third kappa shape index (κ3) is 4.58. The van der Waals surface area contributed by atoms with E-state index in [2.05, 4.69) is 34.6 Å². The molecule has 0 saturated carbocycles. The molecule has 0 atom stereocenters. The van der Waals surface area contributed by atoms with E-state index in [4.69, 9.17) is 9.47 Å². The summed E-state index contributed by atoms with van der Waals surface area (Å²) in [6.45, 7) is 0. The van der Waals surface area contributed by atoms with Crippen LogP contribution in [0, 0.1) is 0 Å². The number of nitrogens with one attached hydrogen (secondary N) is 1. The Morgan fingerprint density at radius 3 is 2.67 bits per heavy atom. The van der Waals surface area contributed by atoms with E-state index >= 15 is 0 Å². The highest BCUT2D eigenvalue weighted by atomic mass is 32.2. The molecule has 0 aliphatic rings. The molecule has 0 saturated heterocycles. The molecule has 3 aromatic carbocycles. The lowest BCUT2D eigenvalue weighted by atomic mass is 10.1. The SMILES string of the molecule is COc1ccc(-c2csc(NC(=O)CSc3ccc4ccccc4c3)n2)c(OC)c1. The van der Waals surface area contributed by atoms with Gasteiger partial charge in [-0.1, -0.05) is 30.3 Å². The first-order chi connectivity index (χ1) is 14.7. The van der Waals surface area contributed by atoms with Crippen molar-refractivity contribution in [3.8, 4) is 22.8 Å². The third-order valence-corrected chi connectivity index (χ3v) is 6.28. The molecule has 1 amide bonds. The van der Waals surface area contributed by atoms with Gasteiger partial charge in [-0.15, -0.1) is 23.1 Å². The number of nitrogens with zero attached hydrogens (tertiary/aromatic N) is 1. The van der Waals surface area contributed by atoms with Gasteiger partial charge in [0.15, 0.2) is 5.13 Å². The molecular weight excluding hydrogens is 416 g/mol. The lowest BCUT2D eigenvalue weighted by molar-refractivity contribution is -0.113. The predicted molar refractivity (Wildman–Crippen MR) is 124 cm³/mol. The average Bonchev–Trinajstić information content (AvgIpc) is 3.25. The zero-order valence-electron chi connectivity index (χ0n) is 16.5. The van der Waals surface area contributed by atoms with Crippen molar-refractivity contribution in [3.05, 3.63) is 66.0 Å². The monoisotopic (exact) mass is 436 g/mol. The summed E-state index contributed by atoms with van der Waals surface area (Å²) in [4.78, 5) is 18.0. The van der Waals surface area contributed by atoms with Crippen LogP contribution in [-0.4, -0.2) is 30.9 Å². The van der Waals surface area contributed by atoms with Crippen molar-refractivity contribution >= 4 is 44.9 Å². The first kappa shape index (κ1) is 20.3. The number of carbonyl (C=O) groups excluding carboxylic acids is 1. The molecule has 4 aromatic rings. The van der Waals surface area contributed by atoms with Crippen molar-refractivity contribution in [1.82, 2.24) is 4.98 Å². The number of thioether (sulfide) groups is 1. The molecule has 0 spiro atoms. The largest absolute Gasteiger partial charge is 0.497 e. The van der Waals surface area contributed by atoms with Gasteiger partial charge in [0.25, 0.3) is 0 Å². The van der Waals surface area contributed by atoms with E-state index in [-0.39, 0.29) is 5.91 Å². The standard InChI is InChI=1S/C23H20N2O3S2/c1-27-17-8-10-19(21(12-17)28-2)20-13-30-23(24-20)25-22(26)14-29-18-9-7-15-5-3-4-6-16(15)11-18/h3-13H,14H2,1-2H3,(H,24,25,26). The maximum Gasteiger partial charge on any atom is 0.236 e. The second kappa shape index (κ2) is 9.19. The first-order valence-corrected chi connectivity index (χ1v) is 11.1. The number of anilines is 1. The number of rotatable bonds is 7. The number of thiazole rings is 1. The van der Waals surface area contributed by atoms with Crippen molar-refractivity contribution < 1.29 is 14.3 Å². The molecular formula is C23H20N2O3S2. The van der Waals surface area contributed by atoms with Crippen LogP contribution in [0.25, 0.3) is 22.0 Å². The van der Waals surface area contributed by atoms with Crippen molar-refractivity contribution in [3.63, 3.8) is 0 Å². The third-order valence-electron chi connectivity index (χ3n) is 4.53. The first-order valence-electron chi connectivity index (χ1n) is 9.25. The summed E-state index contributed by atoms with van der Waals surface area (Å²) >= 11 is 2.89. The van der Waals surface area contributed by atoms with Gasteiger partial charge in [0, 0.05) is 21.9 Å². The van der Waals surface area contributed by atoms with Crippen molar-refractivity contribution in [2.75, 3.05) is 25.3 Å². The molecule has 1 heterocycles. The predicted octanol–water partition coefficient (Wildman–Crippen LogP) is 5.71. The van der Waals surface area contributed by atoms with E-state index in [1.165, 1.54) is 33.9 Å². The summed E-state index contributed by atoms with van der Waals surface area (Å²) in [6, 6.07) is 20.0. The van der Waals surface area contributed by atoms with E-state index in [1.54, 1.807) is 14.2 Å². The minimum Gasteiger partial charge on any atom is -0.497 e. The quantitative estimate of drug-likeness (QED) is 0.376. The number of carbonyl (C=O) groups is 1. The zero-order valence-corrected chi connectivity index (χ0v) is 18.2. The topological polar surface area (TPSA) is 60.5 Å². The Balaban J connectivity index is 1.40. The number of hydrogen-bond donors (Lipinski definition) is 1. The van der Waals surface area contributed by atoms with Gasteiger partial charge in [-0.05, 0) is 35.0 Å². The molecule has 0 bridgehead atoms. The van der Waals surface area contributed by atoms with E-state index in [9.17, 15) is 4.79 Å². The smallest absolute Gasteiger partial charge is 0.236 e. The number of ether oxygens (including phenoxy) is 2. The molecule has 5 nitrogen and oxygen atoms in total. The van der Waals surface area contributed by atoms with Gasteiger partial charge in [0.2, 0.25) is 5.91 Å². The van der Waals surface area contributed by atoms with Gasteiger partial charge in [0.1, 0.15) is 11.5 Å². The summed E-state index contributed by atoms with van der Waals surface area (Å²) in [5.74, 6) is 1.62. The van der Waals surface area contributed by atoms with Crippen molar-refractivity contribution in [2.24, 2.45) is 0 Å². The molecule has 0 fully saturated rings. The second-order valence-electron chi connectivity index (χ2n) is 6.45. The molecule has 0 aliphatic carbocycles. The molecule has 7 heteroatoms. The Morgan fingerprint density at radius 2 is 1.87 bits per heavy atom. The highest BCUT2D eigenvalue weighted by molar-refractivity contribution is 8.00. The number of aromatic nitrogens is 1. The van der Waals surface area contributed by atoms with Crippen LogP contribution in [0.4, 0.5) is 5.13 Å². The van der Waals surface area contributed by atoms with Crippen LogP contribution in [0.15, 0.2) is 70.9 Å². The minimum atomic E-state index is -0.0873. The Morgan fingerprint density at radius 1 is 1.03 bits per heavy atom.